The van der Waals surface area contributed by atoms with Gasteiger partial charge < -0.3 is 15.2 Å². The van der Waals surface area contributed by atoms with E-state index in [1.165, 1.54) is 0 Å². The number of nitrogens with two attached hydrogens (primary N) is 1. The van der Waals surface area contributed by atoms with Crippen LogP contribution in [0, 0.1) is 0 Å². The van der Waals surface area contributed by atoms with Gasteiger partial charge in [0.25, 0.3) is 0 Å². The predicted octanol–water partition coefficient (Wildman–Crippen LogP) is 2.76. The number of rotatable bonds is 2. The molecule has 0 spiro atoms. The van der Waals surface area contributed by atoms with Crippen molar-refractivity contribution in [2.45, 2.75) is 6.54 Å². The van der Waals surface area contributed by atoms with Crippen LogP contribution >= 0.6 is 27.3 Å². The Balaban J connectivity index is 2.06. The Morgan fingerprint density at radius 1 is 1.35 bits per heavy atom. The van der Waals surface area contributed by atoms with Gasteiger partial charge in [0.1, 0.15) is 9.61 Å². The zero-order valence-corrected chi connectivity index (χ0v) is 11.2. The molecule has 0 unspecified atom stereocenters. The van der Waals surface area contributed by atoms with Crippen LogP contribution in [0.25, 0.3) is 10.4 Å². The van der Waals surface area contributed by atoms with Gasteiger partial charge in [-0.25, -0.2) is 4.98 Å². The third-order valence-corrected chi connectivity index (χ3v) is 4.40. The minimum Gasteiger partial charge on any atom is -0.454 e. The lowest BCUT2D eigenvalue weighted by Gasteiger charge is -2.00. The molecule has 4 nitrogen and oxygen atoms in total. The normalized spacial score (nSPS) is 13.1. The Bertz CT molecular complexity index is 571. The highest BCUT2D eigenvalue weighted by Gasteiger charge is 2.16. The van der Waals surface area contributed by atoms with E-state index in [0.717, 1.165) is 31.6 Å². The molecule has 6 heteroatoms. The summed E-state index contributed by atoms with van der Waals surface area (Å²) in [5.41, 5.74) is 6.64. The fourth-order valence-electron chi connectivity index (χ4n) is 1.65. The molecule has 2 aromatic rings. The Labute approximate surface area is 111 Å². The molecule has 0 amide bonds. The second-order valence-corrected chi connectivity index (χ2v) is 5.33. The number of aromatic nitrogens is 1. The molecule has 88 valence electrons. The quantitative estimate of drug-likeness (QED) is 0.926. The second-order valence-electron chi connectivity index (χ2n) is 3.50. The molecule has 0 bridgehead atoms. The van der Waals surface area contributed by atoms with Gasteiger partial charge in [-0.05, 0) is 39.7 Å². The number of fused-ring (bicyclic) bond motifs is 1. The van der Waals surface area contributed by atoms with Crippen LogP contribution in [0.2, 0.25) is 0 Å². The van der Waals surface area contributed by atoms with Crippen molar-refractivity contribution < 1.29 is 9.47 Å². The molecule has 2 heterocycles. The number of hydrogen-bond donors (Lipinski definition) is 1. The van der Waals surface area contributed by atoms with Gasteiger partial charge in [0.15, 0.2) is 11.5 Å². The molecule has 0 saturated carbocycles. The lowest BCUT2D eigenvalue weighted by atomic mass is 10.2. The van der Waals surface area contributed by atoms with Gasteiger partial charge >= 0.3 is 0 Å². The number of benzene rings is 1. The first-order chi connectivity index (χ1) is 8.28. The van der Waals surface area contributed by atoms with Gasteiger partial charge in [0, 0.05) is 6.54 Å². The summed E-state index contributed by atoms with van der Waals surface area (Å²) in [6, 6.07) is 5.86. The van der Waals surface area contributed by atoms with Gasteiger partial charge in [-0.3, -0.25) is 0 Å². The van der Waals surface area contributed by atoms with Crippen molar-refractivity contribution in [1.82, 2.24) is 4.98 Å². The van der Waals surface area contributed by atoms with Crippen molar-refractivity contribution >= 4 is 27.3 Å². The molecule has 0 saturated heterocycles. The van der Waals surface area contributed by atoms with Crippen LogP contribution in [0.3, 0.4) is 0 Å². The van der Waals surface area contributed by atoms with Gasteiger partial charge in [0.2, 0.25) is 6.79 Å². The minimum absolute atomic E-state index is 0.288. The first-order valence-corrected chi connectivity index (χ1v) is 6.64. The van der Waals surface area contributed by atoms with Gasteiger partial charge in [0.05, 0.1) is 4.88 Å². The molecule has 2 N–H and O–H groups in total. The topological polar surface area (TPSA) is 57.4 Å². The van der Waals surface area contributed by atoms with E-state index < -0.39 is 0 Å². The molecule has 0 aliphatic carbocycles. The zero-order valence-electron chi connectivity index (χ0n) is 8.77. The third kappa shape index (κ3) is 1.92. The van der Waals surface area contributed by atoms with Crippen LogP contribution in [0.15, 0.2) is 22.8 Å². The molecule has 0 radical (unpaired) electrons. The van der Waals surface area contributed by atoms with E-state index in [-0.39, 0.29) is 6.79 Å². The van der Waals surface area contributed by atoms with Crippen LogP contribution < -0.4 is 15.2 Å². The van der Waals surface area contributed by atoms with Crippen molar-refractivity contribution in [2.24, 2.45) is 5.73 Å². The highest BCUT2D eigenvalue weighted by Crippen LogP contribution is 2.40. The summed E-state index contributed by atoms with van der Waals surface area (Å²) < 4.78 is 11.5. The molecule has 1 aliphatic rings. The highest BCUT2D eigenvalue weighted by molar-refractivity contribution is 9.10. The first-order valence-electron chi connectivity index (χ1n) is 5.03. The summed E-state index contributed by atoms with van der Waals surface area (Å²) in [6.07, 6.45) is 0. The molecule has 1 aromatic heterocycles. The van der Waals surface area contributed by atoms with E-state index in [1.807, 2.05) is 18.2 Å². The SMILES string of the molecule is NCc1nc(Br)c(-c2ccc3c(c2)OCO3)s1. The van der Waals surface area contributed by atoms with Crippen LogP contribution in [0.1, 0.15) is 5.01 Å². The first kappa shape index (κ1) is 11.0. The Kier molecular flexibility index (Phi) is 2.78. The van der Waals surface area contributed by atoms with Crippen LogP contribution in [-0.4, -0.2) is 11.8 Å². The molecule has 1 aliphatic heterocycles. The van der Waals surface area contributed by atoms with E-state index >= 15 is 0 Å². The van der Waals surface area contributed by atoms with Crippen molar-refractivity contribution in [3.05, 3.63) is 27.8 Å². The predicted molar refractivity (Wildman–Crippen MR) is 69.3 cm³/mol. The van der Waals surface area contributed by atoms with Crippen molar-refractivity contribution in [1.29, 1.82) is 0 Å². The summed E-state index contributed by atoms with van der Waals surface area (Å²) in [7, 11) is 0. The Hall–Kier alpha value is -1.11. The Morgan fingerprint density at radius 2 is 2.18 bits per heavy atom. The fraction of sp³-hybridized carbons (Fsp3) is 0.182. The molecule has 3 rings (SSSR count). The summed E-state index contributed by atoms with van der Waals surface area (Å²) in [5.74, 6) is 1.56. The monoisotopic (exact) mass is 312 g/mol. The van der Waals surface area contributed by atoms with E-state index in [2.05, 4.69) is 20.9 Å². The smallest absolute Gasteiger partial charge is 0.231 e. The second kappa shape index (κ2) is 4.29. The van der Waals surface area contributed by atoms with E-state index in [0.29, 0.717) is 6.54 Å². The molecular formula is C11H9BrN2O2S. The van der Waals surface area contributed by atoms with E-state index in [1.54, 1.807) is 11.3 Å². The highest BCUT2D eigenvalue weighted by atomic mass is 79.9. The average molecular weight is 313 g/mol. The van der Waals surface area contributed by atoms with Crippen LogP contribution in [0.5, 0.6) is 11.5 Å². The van der Waals surface area contributed by atoms with Crippen molar-refractivity contribution in [2.75, 3.05) is 6.79 Å². The number of nitrogens with zero attached hydrogens (tertiary/aromatic N) is 1. The van der Waals surface area contributed by atoms with Crippen LogP contribution in [0.4, 0.5) is 0 Å². The standard InChI is InChI=1S/C11H9BrN2O2S/c12-11-10(17-9(4-13)14-11)6-1-2-7-8(3-6)16-5-15-7/h1-3H,4-5,13H2. The fourth-order valence-corrected chi connectivity index (χ4v) is 3.28. The van der Waals surface area contributed by atoms with Crippen LogP contribution in [-0.2, 0) is 6.54 Å². The summed E-state index contributed by atoms with van der Waals surface area (Å²) in [5, 5.41) is 0.907. The average Bonchev–Trinajstić information content (AvgIpc) is 2.93. The number of thiazole rings is 1. The largest absolute Gasteiger partial charge is 0.454 e. The maximum Gasteiger partial charge on any atom is 0.231 e. The van der Waals surface area contributed by atoms with Gasteiger partial charge in [-0.15, -0.1) is 11.3 Å². The molecule has 0 atom stereocenters. The zero-order chi connectivity index (χ0) is 11.8. The minimum atomic E-state index is 0.288. The van der Waals surface area contributed by atoms with Crippen molar-refractivity contribution in [3.8, 4) is 21.9 Å². The number of hydrogen-bond acceptors (Lipinski definition) is 5. The summed E-state index contributed by atoms with van der Waals surface area (Å²) in [4.78, 5) is 5.40. The summed E-state index contributed by atoms with van der Waals surface area (Å²) >= 11 is 5.03. The molecular weight excluding hydrogens is 304 g/mol. The Morgan fingerprint density at radius 3 is 2.94 bits per heavy atom. The molecule has 1 aromatic carbocycles. The van der Waals surface area contributed by atoms with Crippen molar-refractivity contribution in [3.63, 3.8) is 0 Å². The third-order valence-electron chi connectivity index (χ3n) is 2.44. The number of ether oxygens (including phenoxy) is 2. The summed E-state index contributed by atoms with van der Waals surface area (Å²) in [6.45, 7) is 0.741. The number of halogens is 1. The maximum atomic E-state index is 5.58. The molecule has 17 heavy (non-hydrogen) atoms. The van der Waals surface area contributed by atoms with E-state index in [9.17, 15) is 0 Å². The lowest BCUT2D eigenvalue weighted by molar-refractivity contribution is 0.174. The van der Waals surface area contributed by atoms with Gasteiger partial charge in [-0.2, -0.15) is 0 Å². The maximum absolute atomic E-state index is 5.58. The van der Waals surface area contributed by atoms with Gasteiger partial charge in [-0.1, -0.05) is 0 Å². The van der Waals surface area contributed by atoms with E-state index in [4.69, 9.17) is 15.2 Å². The molecule has 0 fully saturated rings. The lowest BCUT2D eigenvalue weighted by Crippen LogP contribution is -1.93.